The molecule has 0 bridgehead atoms. The molecule has 0 aromatic carbocycles. The van der Waals surface area contributed by atoms with Crippen LogP contribution in [0.2, 0.25) is 0 Å². The third-order valence-electron chi connectivity index (χ3n) is 5.53. The van der Waals surface area contributed by atoms with E-state index in [1.807, 2.05) is 23.2 Å². The highest BCUT2D eigenvalue weighted by atomic mass is 16.5. The lowest BCUT2D eigenvalue weighted by Gasteiger charge is -2.36. The maximum absolute atomic E-state index is 13.2. The molecule has 4 heterocycles. The summed E-state index contributed by atoms with van der Waals surface area (Å²) in [6.07, 6.45) is 7.53. The molecule has 1 saturated heterocycles. The normalized spacial score (nSPS) is 17.2. The van der Waals surface area contributed by atoms with E-state index in [1.54, 1.807) is 25.6 Å². The van der Waals surface area contributed by atoms with Crippen LogP contribution in [0.4, 0.5) is 5.69 Å². The van der Waals surface area contributed by atoms with Crippen molar-refractivity contribution in [3.05, 3.63) is 48.1 Å². The number of aromatic nitrogens is 2. The number of rotatable bonds is 4. The van der Waals surface area contributed by atoms with Crippen molar-refractivity contribution in [3.63, 3.8) is 0 Å². The third-order valence-corrected chi connectivity index (χ3v) is 5.53. The Morgan fingerprint density at radius 3 is 2.75 bits per heavy atom. The summed E-state index contributed by atoms with van der Waals surface area (Å²) < 4.78 is 11.4. The predicted octanol–water partition coefficient (Wildman–Crippen LogP) is 3.07. The third kappa shape index (κ3) is 2.96. The summed E-state index contributed by atoms with van der Waals surface area (Å²) in [5, 5.41) is 0. The highest BCUT2D eigenvalue weighted by Gasteiger charge is 2.30. The molecule has 0 N–H and O–H groups in total. The largest absolute Gasteiger partial charge is 0.494 e. The van der Waals surface area contributed by atoms with Crippen molar-refractivity contribution in [2.45, 2.75) is 18.8 Å². The van der Waals surface area contributed by atoms with Crippen LogP contribution < -0.4 is 9.64 Å². The number of hydrogen-bond acceptors (Lipinski definition) is 6. The molecule has 7 nitrogen and oxygen atoms in total. The number of piperazine rings is 1. The number of amides is 1. The number of carbonyl (C=O) groups excluding carboxylic acids is 1. The van der Waals surface area contributed by atoms with E-state index < -0.39 is 0 Å². The van der Waals surface area contributed by atoms with Crippen molar-refractivity contribution in [2.75, 3.05) is 38.2 Å². The van der Waals surface area contributed by atoms with E-state index in [4.69, 9.17) is 9.15 Å². The van der Waals surface area contributed by atoms with E-state index in [1.165, 1.54) is 0 Å². The molecule has 28 heavy (non-hydrogen) atoms. The van der Waals surface area contributed by atoms with Crippen molar-refractivity contribution < 1.29 is 13.9 Å². The average Bonchev–Trinajstić information content (AvgIpc) is 3.51. The second-order valence-corrected chi connectivity index (χ2v) is 7.32. The molecule has 7 heteroatoms. The second-order valence-electron chi connectivity index (χ2n) is 7.32. The van der Waals surface area contributed by atoms with Gasteiger partial charge in [-0.2, -0.15) is 0 Å². The minimum atomic E-state index is 0.00176. The highest BCUT2D eigenvalue weighted by molar-refractivity contribution is 6.04. The van der Waals surface area contributed by atoms with Crippen LogP contribution in [-0.2, 0) is 0 Å². The quantitative estimate of drug-likeness (QED) is 0.695. The number of nitrogens with zero attached hydrogens (tertiary/aromatic N) is 4. The van der Waals surface area contributed by atoms with Crippen LogP contribution >= 0.6 is 0 Å². The lowest BCUT2D eigenvalue weighted by atomic mass is 10.1. The molecule has 1 amide bonds. The molecule has 3 aromatic heterocycles. The molecule has 2 fully saturated rings. The Kier molecular flexibility index (Phi) is 4.15. The van der Waals surface area contributed by atoms with E-state index >= 15 is 0 Å². The number of anilines is 1. The minimum absolute atomic E-state index is 0.00176. The smallest absolute Gasteiger partial charge is 0.257 e. The topological polar surface area (TPSA) is 71.7 Å². The molecular weight excluding hydrogens is 356 g/mol. The molecule has 0 atom stereocenters. The van der Waals surface area contributed by atoms with Crippen LogP contribution in [0.3, 0.4) is 0 Å². The van der Waals surface area contributed by atoms with E-state index in [9.17, 15) is 4.79 Å². The number of hydrogen-bond donors (Lipinski definition) is 0. The van der Waals surface area contributed by atoms with Gasteiger partial charge >= 0.3 is 0 Å². The molecule has 144 valence electrons. The number of fused-ring (bicyclic) bond motifs is 1. The van der Waals surface area contributed by atoms with Crippen LogP contribution in [0.25, 0.3) is 11.1 Å². The average molecular weight is 378 g/mol. The Morgan fingerprint density at radius 1 is 1.18 bits per heavy atom. The van der Waals surface area contributed by atoms with Gasteiger partial charge in [0, 0.05) is 56.6 Å². The Hall–Kier alpha value is -3.09. The minimum Gasteiger partial charge on any atom is -0.494 e. The standard InChI is InChI=1S/C21H22N4O3/c1-27-18-5-6-22-13-17(18)24-8-10-25(11-9-24)21(26)15-4-7-23-16-12-19(14-2-3-14)28-20(15)16/h4-7,12-14H,2-3,8-11H2,1H3. The van der Waals surface area contributed by atoms with Gasteiger partial charge in [0.1, 0.15) is 17.0 Å². The first-order valence-electron chi connectivity index (χ1n) is 9.65. The van der Waals surface area contributed by atoms with Crippen molar-refractivity contribution in [3.8, 4) is 5.75 Å². The molecule has 5 rings (SSSR count). The fraction of sp³-hybridized carbons (Fsp3) is 0.381. The molecule has 0 spiro atoms. The molecular formula is C21H22N4O3. The van der Waals surface area contributed by atoms with Gasteiger partial charge in [0.05, 0.1) is 24.6 Å². The Labute approximate surface area is 162 Å². The van der Waals surface area contributed by atoms with Gasteiger partial charge in [-0.25, -0.2) is 0 Å². The van der Waals surface area contributed by atoms with Crippen molar-refractivity contribution >= 4 is 22.7 Å². The Bertz CT molecular complexity index is 1020. The Balaban J connectivity index is 1.34. The second kappa shape index (κ2) is 6.82. The molecule has 0 unspecified atom stereocenters. The van der Waals surface area contributed by atoms with E-state index in [0.29, 0.717) is 30.2 Å². The highest BCUT2D eigenvalue weighted by Crippen LogP contribution is 2.42. The van der Waals surface area contributed by atoms with E-state index in [0.717, 1.165) is 48.6 Å². The zero-order valence-electron chi connectivity index (χ0n) is 15.8. The summed E-state index contributed by atoms with van der Waals surface area (Å²) in [6.45, 7) is 2.73. The van der Waals surface area contributed by atoms with Gasteiger partial charge in [0.15, 0.2) is 5.58 Å². The molecule has 0 radical (unpaired) electrons. The van der Waals surface area contributed by atoms with Gasteiger partial charge in [0.2, 0.25) is 0 Å². The molecule has 1 aliphatic heterocycles. The Morgan fingerprint density at radius 2 is 2.00 bits per heavy atom. The fourth-order valence-electron chi connectivity index (χ4n) is 3.80. The first-order chi connectivity index (χ1) is 13.7. The van der Waals surface area contributed by atoms with E-state index in [-0.39, 0.29) is 5.91 Å². The number of methoxy groups -OCH3 is 1. The van der Waals surface area contributed by atoms with Crippen molar-refractivity contribution in [1.82, 2.24) is 14.9 Å². The van der Waals surface area contributed by atoms with Gasteiger partial charge in [0.25, 0.3) is 5.91 Å². The summed E-state index contributed by atoms with van der Waals surface area (Å²) in [5.41, 5.74) is 2.95. The first kappa shape index (κ1) is 17.0. The summed E-state index contributed by atoms with van der Waals surface area (Å²) in [4.78, 5) is 25.8. The van der Waals surface area contributed by atoms with Crippen LogP contribution in [-0.4, -0.2) is 54.1 Å². The van der Waals surface area contributed by atoms with Gasteiger partial charge in [-0.3, -0.25) is 14.8 Å². The maximum atomic E-state index is 13.2. The van der Waals surface area contributed by atoms with Crippen LogP contribution in [0, 0.1) is 0 Å². The van der Waals surface area contributed by atoms with Crippen LogP contribution in [0.15, 0.2) is 41.2 Å². The summed E-state index contributed by atoms with van der Waals surface area (Å²) >= 11 is 0. The monoisotopic (exact) mass is 378 g/mol. The zero-order chi connectivity index (χ0) is 19.1. The summed E-state index contributed by atoms with van der Waals surface area (Å²) in [5.74, 6) is 2.25. The zero-order valence-corrected chi connectivity index (χ0v) is 15.8. The lowest BCUT2D eigenvalue weighted by Crippen LogP contribution is -2.49. The predicted molar refractivity (Wildman–Crippen MR) is 105 cm³/mol. The van der Waals surface area contributed by atoms with Crippen molar-refractivity contribution in [2.24, 2.45) is 0 Å². The number of pyridine rings is 2. The van der Waals surface area contributed by atoms with E-state index in [2.05, 4.69) is 14.9 Å². The molecule has 1 aliphatic carbocycles. The lowest BCUT2D eigenvalue weighted by molar-refractivity contribution is 0.0747. The molecule has 1 saturated carbocycles. The van der Waals surface area contributed by atoms with Gasteiger partial charge in [-0.05, 0) is 18.9 Å². The fourth-order valence-corrected chi connectivity index (χ4v) is 3.80. The molecule has 2 aliphatic rings. The number of furan rings is 1. The van der Waals surface area contributed by atoms with Gasteiger partial charge in [-0.1, -0.05) is 0 Å². The van der Waals surface area contributed by atoms with Gasteiger partial charge < -0.3 is 19.0 Å². The SMILES string of the molecule is COc1ccncc1N1CCN(C(=O)c2ccnc3cc(C4CC4)oc23)CC1. The number of carbonyl (C=O) groups is 1. The first-order valence-corrected chi connectivity index (χ1v) is 9.65. The molecule has 3 aromatic rings. The van der Waals surface area contributed by atoms with Gasteiger partial charge in [-0.15, -0.1) is 0 Å². The van der Waals surface area contributed by atoms with Crippen LogP contribution in [0.1, 0.15) is 34.9 Å². The summed E-state index contributed by atoms with van der Waals surface area (Å²) in [6, 6.07) is 5.60. The summed E-state index contributed by atoms with van der Waals surface area (Å²) in [7, 11) is 1.66. The maximum Gasteiger partial charge on any atom is 0.257 e. The van der Waals surface area contributed by atoms with Crippen molar-refractivity contribution in [1.29, 1.82) is 0 Å². The van der Waals surface area contributed by atoms with Crippen LogP contribution in [0.5, 0.6) is 5.75 Å². The number of ether oxygens (including phenoxy) is 1.